The minimum absolute atomic E-state index is 0.138. The third-order valence-electron chi connectivity index (χ3n) is 2.64. The van der Waals surface area contributed by atoms with Crippen LogP contribution in [0.3, 0.4) is 0 Å². The van der Waals surface area contributed by atoms with E-state index in [2.05, 4.69) is 26.2 Å². The van der Waals surface area contributed by atoms with Crippen LogP contribution in [0.4, 0.5) is 4.79 Å². The van der Waals surface area contributed by atoms with Crippen LogP contribution < -0.4 is 11.1 Å². The van der Waals surface area contributed by atoms with E-state index in [-0.39, 0.29) is 6.54 Å². The van der Waals surface area contributed by atoms with Gasteiger partial charge < -0.3 is 15.5 Å². The second-order valence-electron chi connectivity index (χ2n) is 3.76. The summed E-state index contributed by atoms with van der Waals surface area (Å²) in [7, 11) is 1.52. The predicted molar refractivity (Wildman–Crippen MR) is 61.1 cm³/mol. The van der Waals surface area contributed by atoms with Crippen molar-refractivity contribution in [3.63, 3.8) is 0 Å². The van der Waals surface area contributed by atoms with E-state index >= 15 is 0 Å². The number of primary amides is 1. The summed E-state index contributed by atoms with van der Waals surface area (Å²) in [6.45, 7) is -0.138. The molecule has 1 fully saturated rings. The summed E-state index contributed by atoms with van der Waals surface area (Å²) in [6, 6.07) is -1.24. The number of nitrogens with zero attached hydrogens (tertiary/aromatic N) is 3. The molecule has 0 saturated carbocycles. The molecule has 0 aliphatic carbocycles. The average molecular weight is 304 g/mol. The Morgan fingerprint density at radius 1 is 1.59 bits per heavy atom. The van der Waals surface area contributed by atoms with E-state index in [1.165, 1.54) is 16.8 Å². The molecule has 8 nitrogen and oxygen atoms in total. The van der Waals surface area contributed by atoms with Crippen LogP contribution in [-0.2, 0) is 9.59 Å². The van der Waals surface area contributed by atoms with Gasteiger partial charge in [0, 0.05) is 7.05 Å². The number of nitrogens with one attached hydrogen (secondary N) is 1. The zero-order chi connectivity index (χ0) is 12.7. The Morgan fingerprint density at radius 2 is 2.24 bits per heavy atom. The maximum atomic E-state index is 11.7. The third kappa shape index (κ3) is 1.86. The van der Waals surface area contributed by atoms with E-state index < -0.39 is 30.1 Å². The lowest BCUT2D eigenvalue weighted by Crippen LogP contribution is -2.64. The number of carbonyl (C=O) groups excluding carboxylic acids is 3. The number of amides is 4. The Balaban J connectivity index is 2.29. The molecule has 17 heavy (non-hydrogen) atoms. The smallest absolute Gasteiger partial charge is 0.325 e. The fraction of sp³-hybridized carbons (Fsp3) is 0.500. The van der Waals surface area contributed by atoms with Gasteiger partial charge in [-0.25, -0.2) is 9.79 Å². The van der Waals surface area contributed by atoms with Crippen molar-refractivity contribution in [1.29, 1.82) is 0 Å². The zero-order valence-electron chi connectivity index (χ0n) is 8.88. The maximum Gasteiger partial charge on any atom is 0.325 e. The maximum absolute atomic E-state index is 11.7. The van der Waals surface area contributed by atoms with Gasteiger partial charge in [0.25, 0.3) is 5.91 Å². The summed E-state index contributed by atoms with van der Waals surface area (Å²) in [5, 5.41) is 2.18. The Morgan fingerprint density at radius 3 is 2.82 bits per heavy atom. The van der Waals surface area contributed by atoms with E-state index in [0.717, 1.165) is 0 Å². The van der Waals surface area contributed by atoms with Crippen LogP contribution >= 0.6 is 15.9 Å². The predicted octanol–water partition coefficient (Wildman–Crippen LogP) is -1.59. The number of fused-ring (bicyclic) bond motifs is 1. The average Bonchev–Trinajstić information content (AvgIpc) is 2.53. The Kier molecular flexibility index (Phi) is 2.77. The largest absolute Gasteiger partial charge is 0.368 e. The Hall–Kier alpha value is -1.64. The lowest BCUT2D eigenvalue weighted by Gasteiger charge is -2.35. The van der Waals surface area contributed by atoms with Crippen molar-refractivity contribution in [3.8, 4) is 0 Å². The van der Waals surface area contributed by atoms with Gasteiger partial charge in [-0.2, -0.15) is 0 Å². The van der Waals surface area contributed by atoms with E-state index in [0.29, 0.717) is 4.74 Å². The van der Waals surface area contributed by atoms with Crippen LogP contribution in [-0.4, -0.2) is 58.2 Å². The molecule has 2 heterocycles. The minimum Gasteiger partial charge on any atom is -0.368 e. The molecule has 0 aromatic carbocycles. The summed E-state index contributed by atoms with van der Waals surface area (Å²) in [4.78, 5) is 40.9. The topological polar surface area (TPSA) is 108 Å². The Labute approximate surface area is 105 Å². The van der Waals surface area contributed by atoms with Gasteiger partial charge in [0.05, 0.1) is 6.54 Å². The van der Waals surface area contributed by atoms with Crippen LogP contribution in [0.25, 0.3) is 0 Å². The molecule has 2 unspecified atom stereocenters. The molecule has 1 saturated heterocycles. The highest BCUT2D eigenvalue weighted by molar-refractivity contribution is 9.18. The van der Waals surface area contributed by atoms with Gasteiger partial charge in [-0.3, -0.25) is 14.9 Å². The number of hydrogen-bond donors (Lipinski definition) is 2. The number of amidine groups is 1. The number of aliphatic imine (C=N–C) groups is 1. The normalized spacial score (nSPS) is 27.8. The first-order valence-electron chi connectivity index (χ1n) is 4.77. The number of halogens is 1. The van der Waals surface area contributed by atoms with Crippen molar-refractivity contribution >= 4 is 38.5 Å². The number of rotatable bonds is 2. The number of urea groups is 1. The third-order valence-corrected chi connectivity index (χ3v) is 3.30. The SMILES string of the molecule is CN1C(=O)NC(=O)C2C1N=C(Br)N2CC(N)=O. The molecule has 0 bridgehead atoms. The van der Waals surface area contributed by atoms with Gasteiger partial charge in [0.15, 0.2) is 17.0 Å². The van der Waals surface area contributed by atoms with Crippen LogP contribution in [0.1, 0.15) is 0 Å². The van der Waals surface area contributed by atoms with Gasteiger partial charge in [-0.15, -0.1) is 0 Å². The van der Waals surface area contributed by atoms with E-state index in [1.54, 1.807) is 0 Å². The van der Waals surface area contributed by atoms with Gasteiger partial charge in [0.2, 0.25) is 5.91 Å². The van der Waals surface area contributed by atoms with Crippen molar-refractivity contribution in [1.82, 2.24) is 15.1 Å². The summed E-state index contributed by atoms with van der Waals surface area (Å²) < 4.78 is 0.336. The summed E-state index contributed by atoms with van der Waals surface area (Å²) in [6.07, 6.45) is -0.634. The molecule has 0 radical (unpaired) electrons. The molecule has 2 rings (SSSR count). The number of nitrogens with two attached hydrogens (primary N) is 1. The highest BCUT2D eigenvalue weighted by Gasteiger charge is 2.48. The van der Waals surface area contributed by atoms with Gasteiger partial charge in [-0.1, -0.05) is 0 Å². The molecule has 2 aliphatic rings. The molecule has 4 amide bonds. The zero-order valence-corrected chi connectivity index (χ0v) is 10.5. The first-order chi connectivity index (χ1) is 7.91. The molecule has 0 aromatic rings. The highest BCUT2D eigenvalue weighted by atomic mass is 79.9. The van der Waals surface area contributed by atoms with Crippen molar-refractivity contribution in [2.24, 2.45) is 10.7 Å². The van der Waals surface area contributed by atoms with Gasteiger partial charge in [0.1, 0.15) is 0 Å². The second kappa shape index (κ2) is 3.99. The molecule has 9 heteroatoms. The second-order valence-corrected chi connectivity index (χ2v) is 4.47. The monoisotopic (exact) mass is 303 g/mol. The standard InChI is InChI=1S/C8H10BrN5O3/c1-13-5-4(6(16)12-8(13)17)14(2-3(10)15)7(9)11-5/h4-5H,2H2,1H3,(H2,10,15)(H,12,16,17). The van der Waals surface area contributed by atoms with Crippen LogP contribution in [0.2, 0.25) is 0 Å². The fourth-order valence-corrected chi connectivity index (χ4v) is 2.38. The van der Waals surface area contributed by atoms with Crippen LogP contribution in [0.5, 0.6) is 0 Å². The van der Waals surface area contributed by atoms with Gasteiger partial charge >= 0.3 is 6.03 Å². The quantitative estimate of drug-likeness (QED) is 0.600. The number of imide groups is 1. The molecule has 2 atom stereocenters. The number of carbonyl (C=O) groups is 3. The summed E-state index contributed by atoms with van der Waals surface area (Å²) in [5.74, 6) is -1.07. The van der Waals surface area contributed by atoms with Crippen molar-refractivity contribution in [3.05, 3.63) is 0 Å². The first kappa shape index (κ1) is 11.8. The number of likely N-dealkylation sites (N-methyl/N-ethyl adjacent to an activating group) is 1. The highest BCUT2D eigenvalue weighted by Crippen LogP contribution is 2.25. The molecule has 2 aliphatic heterocycles. The first-order valence-corrected chi connectivity index (χ1v) is 5.57. The molecule has 92 valence electrons. The molecule has 0 aromatic heterocycles. The van der Waals surface area contributed by atoms with Crippen molar-refractivity contribution in [2.45, 2.75) is 12.2 Å². The summed E-state index contributed by atoms with van der Waals surface area (Å²) >= 11 is 3.15. The van der Waals surface area contributed by atoms with Crippen molar-refractivity contribution < 1.29 is 14.4 Å². The molecular weight excluding hydrogens is 294 g/mol. The number of hydrogen-bond acceptors (Lipinski definition) is 5. The van der Waals surface area contributed by atoms with Crippen molar-refractivity contribution in [2.75, 3.05) is 13.6 Å². The van der Waals surface area contributed by atoms with Crippen LogP contribution in [0.15, 0.2) is 4.99 Å². The lowest BCUT2D eigenvalue weighted by atomic mass is 10.1. The fourth-order valence-electron chi connectivity index (χ4n) is 1.82. The van der Waals surface area contributed by atoms with E-state index in [9.17, 15) is 14.4 Å². The molecular formula is C8H10BrN5O3. The van der Waals surface area contributed by atoms with Gasteiger partial charge in [-0.05, 0) is 15.9 Å². The minimum atomic E-state index is -0.723. The molecule has 3 N–H and O–H groups in total. The lowest BCUT2D eigenvalue weighted by molar-refractivity contribution is -0.128. The summed E-state index contributed by atoms with van der Waals surface area (Å²) in [5.41, 5.74) is 5.10. The van der Waals surface area contributed by atoms with Crippen LogP contribution in [0, 0.1) is 0 Å². The molecule has 0 spiro atoms. The Bertz CT molecular complexity index is 437. The van der Waals surface area contributed by atoms with E-state index in [4.69, 9.17) is 5.73 Å². The van der Waals surface area contributed by atoms with E-state index in [1.807, 2.05) is 0 Å².